The van der Waals surface area contributed by atoms with Gasteiger partial charge in [0.1, 0.15) is 0 Å². The molecule has 0 bridgehead atoms. The van der Waals surface area contributed by atoms with E-state index in [2.05, 4.69) is 0 Å². The van der Waals surface area contributed by atoms with E-state index in [0.29, 0.717) is 34.6 Å². The third-order valence-corrected chi connectivity index (χ3v) is 5.38. The Morgan fingerprint density at radius 1 is 1.00 bits per heavy atom. The predicted molar refractivity (Wildman–Crippen MR) is 102 cm³/mol. The average molecular weight is 388 g/mol. The van der Waals surface area contributed by atoms with Crippen molar-refractivity contribution in [1.82, 2.24) is 0 Å². The monoisotopic (exact) mass is 388 g/mol. The van der Waals surface area contributed by atoms with E-state index in [1.807, 2.05) is 6.07 Å². The number of rotatable bonds is 6. The maximum atomic E-state index is 14.5. The summed E-state index contributed by atoms with van der Waals surface area (Å²) in [6.07, 6.45) is 0.630. The van der Waals surface area contributed by atoms with Crippen molar-refractivity contribution >= 4 is 17.3 Å². The number of hydrogen-bond donors (Lipinski definition) is 0. The molecule has 0 amide bonds. The molecule has 1 aromatic heterocycles. The van der Waals surface area contributed by atoms with Gasteiger partial charge in [0.05, 0.1) is 19.3 Å². The molecule has 1 heterocycles. The van der Waals surface area contributed by atoms with Gasteiger partial charge in [-0.25, -0.2) is 13.6 Å². The lowest BCUT2D eigenvalue weighted by molar-refractivity contribution is 0.0601. The molecule has 3 rings (SSSR count). The van der Waals surface area contributed by atoms with E-state index in [0.717, 1.165) is 10.9 Å². The Morgan fingerprint density at radius 2 is 1.74 bits per heavy atom. The van der Waals surface area contributed by atoms with Gasteiger partial charge in [-0.15, -0.1) is 11.3 Å². The van der Waals surface area contributed by atoms with Gasteiger partial charge in [0.25, 0.3) is 0 Å². The first-order valence-corrected chi connectivity index (χ1v) is 9.12. The molecule has 27 heavy (non-hydrogen) atoms. The van der Waals surface area contributed by atoms with Gasteiger partial charge in [-0.3, -0.25) is 0 Å². The number of carbonyl (C=O) groups is 1. The van der Waals surface area contributed by atoms with E-state index in [9.17, 15) is 13.6 Å². The number of methoxy groups -OCH3 is 2. The van der Waals surface area contributed by atoms with Crippen LogP contribution in [0.15, 0.2) is 48.5 Å². The minimum atomic E-state index is -0.913. The third-order valence-electron chi connectivity index (χ3n) is 4.15. The largest absolute Gasteiger partial charge is 0.465 e. The summed E-state index contributed by atoms with van der Waals surface area (Å²) in [5, 5.41) is 0. The standard InChI is InChI=1S/C21H18F2O3S/c1-25-11-10-13-12-17(14-8-5-9-18(22)19(14)23)20(27-13)15-6-3-4-7-16(15)21(24)26-2/h3-9,12H,10-11H2,1-2H3. The fourth-order valence-electron chi connectivity index (χ4n) is 2.85. The van der Waals surface area contributed by atoms with Crippen molar-refractivity contribution in [3.05, 3.63) is 70.6 Å². The molecule has 6 heteroatoms. The Balaban J connectivity index is 2.22. The lowest BCUT2D eigenvalue weighted by atomic mass is 9.98. The van der Waals surface area contributed by atoms with E-state index < -0.39 is 17.6 Å². The average Bonchev–Trinajstić information content (AvgIpc) is 3.11. The predicted octanol–water partition coefficient (Wildman–Crippen LogP) is 5.34. The summed E-state index contributed by atoms with van der Waals surface area (Å²) < 4.78 is 38.3. The third kappa shape index (κ3) is 3.91. The van der Waals surface area contributed by atoms with Crippen LogP contribution in [-0.2, 0) is 15.9 Å². The van der Waals surface area contributed by atoms with Crippen LogP contribution >= 0.6 is 11.3 Å². The van der Waals surface area contributed by atoms with Crippen molar-refractivity contribution in [3.63, 3.8) is 0 Å². The van der Waals surface area contributed by atoms with Crippen LogP contribution in [0.1, 0.15) is 15.2 Å². The van der Waals surface area contributed by atoms with Crippen LogP contribution in [0.25, 0.3) is 21.6 Å². The van der Waals surface area contributed by atoms with E-state index >= 15 is 0 Å². The number of esters is 1. The zero-order valence-corrected chi connectivity index (χ0v) is 15.7. The second kappa shape index (κ2) is 8.41. The van der Waals surface area contributed by atoms with E-state index in [4.69, 9.17) is 9.47 Å². The summed E-state index contributed by atoms with van der Waals surface area (Å²) >= 11 is 1.43. The SMILES string of the molecule is COCCc1cc(-c2cccc(F)c2F)c(-c2ccccc2C(=O)OC)s1. The molecule has 0 saturated carbocycles. The zero-order chi connectivity index (χ0) is 19.4. The zero-order valence-electron chi connectivity index (χ0n) is 14.9. The van der Waals surface area contributed by atoms with Crippen LogP contribution in [0.5, 0.6) is 0 Å². The summed E-state index contributed by atoms with van der Waals surface area (Å²) in [4.78, 5) is 13.8. The molecule has 0 fully saturated rings. The molecule has 2 aromatic carbocycles. The highest BCUT2D eigenvalue weighted by Crippen LogP contribution is 2.42. The Labute approximate surface area is 160 Å². The Bertz CT molecular complexity index is 966. The number of hydrogen-bond acceptors (Lipinski definition) is 4. The number of thiophene rings is 1. The Hall–Kier alpha value is -2.57. The van der Waals surface area contributed by atoms with Crippen molar-refractivity contribution in [2.75, 3.05) is 20.8 Å². The molecule has 0 N–H and O–H groups in total. The molecule has 0 aliphatic heterocycles. The highest BCUT2D eigenvalue weighted by atomic mass is 32.1. The highest BCUT2D eigenvalue weighted by molar-refractivity contribution is 7.16. The van der Waals surface area contributed by atoms with Crippen molar-refractivity contribution < 1.29 is 23.0 Å². The summed E-state index contributed by atoms with van der Waals surface area (Å²) in [5.74, 6) is -2.31. The maximum Gasteiger partial charge on any atom is 0.338 e. The number of ether oxygens (including phenoxy) is 2. The minimum absolute atomic E-state index is 0.157. The molecular weight excluding hydrogens is 370 g/mol. The van der Waals surface area contributed by atoms with E-state index in [-0.39, 0.29) is 5.56 Å². The van der Waals surface area contributed by atoms with Gasteiger partial charge in [-0.05, 0) is 18.2 Å². The van der Waals surface area contributed by atoms with Crippen molar-refractivity contribution in [1.29, 1.82) is 0 Å². The van der Waals surface area contributed by atoms with Crippen molar-refractivity contribution in [3.8, 4) is 21.6 Å². The van der Waals surface area contributed by atoms with Gasteiger partial charge in [0.15, 0.2) is 11.6 Å². The molecule has 3 aromatic rings. The molecule has 140 valence electrons. The molecule has 0 atom stereocenters. The van der Waals surface area contributed by atoms with Crippen molar-refractivity contribution in [2.45, 2.75) is 6.42 Å². The summed E-state index contributed by atoms with van der Waals surface area (Å²) in [7, 11) is 2.92. The summed E-state index contributed by atoms with van der Waals surface area (Å²) in [6, 6.07) is 12.9. The summed E-state index contributed by atoms with van der Waals surface area (Å²) in [6.45, 7) is 0.504. The van der Waals surface area contributed by atoms with Gasteiger partial charge in [-0.2, -0.15) is 0 Å². The molecule has 0 spiro atoms. The lowest BCUT2D eigenvalue weighted by Gasteiger charge is -2.10. The summed E-state index contributed by atoms with van der Waals surface area (Å²) in [5.41, 5.74) is 1.69. The number of carbonyl (C=O) groups excluding carboxylic acids is 1. The fourth-order valence-corrected chi connectivity index (χ4v) is 4.04. The second-order valence-corrected chi connectivity index (χ2v) is 6.97. The Morgan fingerprint density at radius 3 is 2.48 bits per heavy atom. The quantitative estimate of drug-likeness (QED) is 0.535. The van der Waals surface area contributed by atoms with Gasteiger partial charge in [0, 0.05) is 40.0 Å². The van der Waals surface area contributed by atoms with Crippen LogP contribution in [0.2, 0.25) is 0 Å². The van der Waals surface area contributed by atoms with Crippen LogP contribution in [-0.4, -0.2) is 26.8 Å². The molecule has 0 saturated heterocycles. The molecule has 0 radical (unpaired) electrons. The highest BCUT2D eigenvalue weighted by Gasteiger charge is 2.21. The smallest absolute Gasteiger partial charge is 0.338 e. The lowest BCUT2D eigenvalue weighted by Crippen LogP contribution is -2.03. The van der Waals surface area contributed by atoms with Crippen molar-refractivity contribution in [2.24, 2.45) is 0 Å². The van der Waals surface area contributed by atoms with Gasteiger partial charge in [0.2, 0.25) is 0 Å². The van der Waals surface area contributed by atoms with Gasteiger partial charge < -0.3 is 9.47 Å². The van der Waals surface area contributed by atoms with Crippen LogP contribution in [0, 0.1) is 11.6 Å². The maximum absolute atomic E-state index is 14.5. The molecule has 0 aliphatic rings. The molecule has 0 unspecified atom stereocenters. The normalized spacial score (nSPS) is 10.8. The van der Waals surface area contributed by atoms with Crippen LogP contribution in [0.3, 0.4) is 0 Å². The molecule has 0 aliphatic carbocycles. The number of halogens is 2. The van der Waals surface area contributed by atoms with E-state index in [1.165, 1.54) is 30.6 Å². The van der Waals surface area contributed by atoms with E-state index in [1.54, 1.807) is 31.4 Å². The number of benzene rings is 2. The van der Waals surface area contributed by atoms with Gasteiger partial charge in [-0.1, -0.05) is 30.3 Å². The molecule has 3 nitrogen and oxygen atoms in total. The first kappa shape index (κ1) is 19.2. The fraction of sp³-hybridized carbons (Fsp3) is 0.190. The second-order valence-electron chi connectivity index (χ2n) is 5.84. The first-order chi connectivity index (χ1) is 13.1. The minimum Gasteiger partial charge on any atom is -0.465 e. The topological polar surface area (TPSA) is 35.5 Å². The Kier molecular flexibility index (Phi) is 5.98. The molecular formula is C21H18F2O3S. The first-order valence-electron chi connectivity index (χ1n) is 8.30. The van der Waals surface area contributed by atoms with Crippen LogP contribution < -0.4 is 0 Å². The van der Waals surface area contributed by atoms with Gasteiger partial charge >= 0.3 is 5.97 Å². The van der Waals surface area contributed by atoms with Crippen LogP contribution in [0.4, 0.5) is 8.78 Å².